The van der Waals surface area contributed by atoms with Crippen LogP contribution in [0.1, 0.15) is 23.1 Å². The van der Waals surface area contributed by atoms with E-state index in [0.717, 1.165) is 5.69 Å². The maximum absolute atomic E-state index is 12.3. The van der Waals surface area contributed by atoms with Crippen LogP contribution in [-0.4, -0.2) is 35.0 Å². The largest absolute Gasteiger partial charge is 0.506 e. The Morgan fingerprint density at radius 3 is 2.61 bits per heavy atom. The zero-order valence-corrected chi connectivity index (χ0v) is 15.2. The van der Waals surface area contributed by atoms with Crippen LogP contribution in [0.2, 0.25) is 0 Å². The number of carbonyl (C=O) groups is 1. The van der Waals surface area contributed by atoms with Crippen LogP contribution in [0, 0.1) is 6.92 Å². The van der Waals surface area contributed by atoms with E-state index in [-0.39, 0.29) is 27.8 Å². The third kappa shape index (κ3) is 3.40. The molecule has 0 bridgehead atoms. The highest BCUT2D eigenvalue weighted by atomic mass is 79.9. The fraction of sp³-hybridized carbons (Fsp3) is 0.286. The number of nitrogens with zero attached hydrogens (tertiary/aromatic N) is 2. The molecule has 1 amide bonds. The molecule has 2 N–H and O–H groups in total. The second-order valence-corrected chi connectivity index (χ2v) is 7.98. The summed E-state index contributed by atoms with van der Waals surface area (Å²) >= 11 is 3.29. The predicted molar refractivity (Wildman–Crippen MR) is 89.4 cm³/mol. The number of amides is 1. The summed E-state index contributed by atoms with van der Waals surface area (Å²) in [6, 6.07) is 3.76. The molecule has 1 heterocycles. The van der Waals surface area contributed by atoms with E-state index in [1.807, 2.05) is 0 Å². The first-order chi connectivity index (χ1) is 10.7. The van der Waals surface area contributed by atoms with E-state index in [2.05, 4.69) is 26.3 Å². The third-order valence-corrected chi connectivity index (χ3v) is 6.11. The number of carbonyl (C=O) groups excluding carboxylic acids is 1. The number of hydrogen-bond acceptors (Lipinski definition) is 5. The van der Waals surface area contributed by atoms with Crippen molar-refractivity contribution in [3.8, 4) is 5.75 Å². The summed E-state index contributed by atoms with van der Waals surface area (Å²) in [5.41, 5.74) is 0.926. The minimum Gasteiger partial charge on any atom is -0.506 e. The molecule has 9 heteroatoms. The third-order valence-electron chi connectivity index (χ3n) is 3.43. The lowest BCUT2D eigenvalue weighted by molar-refractivity contribution is 0.102. The van der Waals surface area contributed by atoms with Gasteiger partial charge in [-0.2, -0.15) is 5.10 Å². The van der Waals surface area contributed by atoms with Gasteiger partial charge in [-0.1, -0.05) is 6.92 Å². The molecule has 0 aliphatic rings. The van der Waals surface area contributed by atoms with Crippen molar-refractivity contribution in [2.75, 3.05) is 11.1 Å². The molecule has 7 nitrogen and oxygen atoms in total. The fourth-order valence-corrected chi connectivity index (χ4v) is 3.31. The average molecular weight is 402 g/mol. The van der Waals surface area contributed by atoms with E-state index in [1.165, 1.54) is 29.8 Å². The standard InChI is InChI=1S/C14H16BrN3O4S/c1-4-23(21,22)9-5-6-11(19)10(7-9)16-14(20)13-12(15)8(2)18(3)17-13/h5-7,19H,4H2,1-3H3,(H,16,20). The van der Waals surface area contributed by atoms with Crippen molar-refractivity contribution in [2.45, 2.75) is 18.7 Å². The number of hydrogen-bond donors (Lipinski definition) is 2. The lowest BCUT2D eigenvalue weighted by Crippen LogP contribution is -2.14. The van der Waals surface area contributed by atoms with Gasteiger partial charge in [0.15, 0.2) is 15.5 Å². The molecule has 124 valence electrons. The first-order valence-corrected chi connectivity index (χ1v) is 9.18. The first-order valence-electron chi connectivity index (χ1n) is 6.73. The van der Waals surface area contributed by atoms with Gasteiger partial charge in [-0.05, 0) is 41.1 Å². The quantitative estimate of drug-likeness (QED) is 0.764. The van der Waals surface area contributed by atoms with E-state index in [1.54, 1.807) is 14.0 Å². The van der Waals surface area contributed by atoms with Gasteiger partial charge in [-0.3, -0.25) is 9.48 Å². The summed E-state index contributed by atoms with van der Waals surface area (Å²) in [4.78, 5) is 12.3. The molecular weight excluding hydrogens is 386 g/mol. The number of rotatable bonds is 4. The van der Waals surface area contributed by atoms with Crippen molar-refractivity contribution < 1.29 is 18.3 Å². The molecule has 1 aromatic carbocycles. The number of nitrogens with one attached hydrogen (secondary N) is 1. The van der Waals surface area contributed by atoms with Crippen molar-refractivity contribution in [3.05, 3.63) is 34.1 Å². The average Bonchev–Trinajstić information content (AvgIpc) is 2.77. The summed E-state index contributed by atoms with van der Waals surface area (Å²) in [6.07, 6.45) is 0. The van der Waals surface area contributed by atoms with Crippen LogP contribution in [0.3, 0.4) is 0 Å². The molecule has 0 aliphatic heterocycles. The van der Waals surface area contributed by atoms with Crippen LogP contribution >= 0.6 is 15.9 Å². The van der Waals surface area contributed by atoms with Gasteiger partial charge in [0.05, 0.1) is 26.5 Å². The summed E-state index contributed by atoms with van der Waals surface area (Å²) in [5.74, 6) is -0.852. The van der Waals surface area contributed by atoms with Gasteiger partial charge in [0.25, 0.3) is 5.91 Å². The number of phenols is 1. The van der Waals surface area contributed by atoms with Crippen molar-refractivity contribution in [1.82, 2.24) is 9.78 Å². The van der Waals surface area contributed by atoms with Gasteiger partial charge in [0.1, 0.15) is 5.75 Å². The molecule has 23 heavy (non-hydrogen) atoms. The zero-order valence-electron chi connectivity index (χ0n) is 12.8. The van der Waals surface area contributed by atoms with Crippen LogP contribution < -0.4 is 5.32 Å². The van der Waals surface area contributed by atoms with Crippen LogP contribution in [0.5, 0.6) is 5.75 Å². The Kier molecular flexibility index (Phi) is 4.81. The molecule has 0 saturated carbocycles. The van der Waals surface area contributed by atoms with Crippen LogP contribution in [-0.2, 0) is 16.9 Å². The minimum atomic E-state index is -3.44. The second kappa shape index (κ2) is 6.32. The molecular formula is C14H16BrN3O4S. The van der Waals surface area contributed by atoms with Crippen molar-refractivity contribution >= 4 is 37.4 Å². The maximum Gasteiger partial charge on any atom is 0.277 e. The molecule has 0 aliphatic carbocycles. The van der Waals surface area contributed by atoms with Crippen molar-refractivity contribution in [3.63, 3.8) is 0 Å². The van der Waals surface area contributed by atoms with Gasteiger partial charge in [-0.25, -0.2) is 8.42 Å². The Morgan fingerprint density at radius 2 is 2.09 bits per heavy atom. The first kappa shape index (κ1) is 17.5. The van der Waals surface area contributed by atoms with E-state index in [9.17, 15) is 18.3 Å². The van der Waals surface area contributed by atoms with Crippen molar-refractivity contribution in [2.24, 2.45) is 7.05 Å². The second-order valence-electron chi connectivity index (χ2n) is 4.91. The fourth-order valence-electron chi connectivity index (χ4n) is 1.88. The summed E-state index contributed by atoms with van der Waals surface area (Å²) in [7, 11) is -1.74. The SMILES string of the molecule is CCS(=O)(=O)c1ccc(O)c(NC(=O)c2nn(C)c(C)c2Br)c1. The predicted octanol–water partition coefficient (Wildman–Crippen LogP) is 2.24. The smallest absolute Gasteiger partial charge is 0.277 e. The lowest BCUT2D eigenvalue weighted by Gasteiger charge is -2.09. The Balaban J connectivity index is 2.38. The molecule has 0 fully saturated rings. The molecule has 0 spiro atoms. The van der Waals surface area contributed by atoms with Gasteiger partial charge in [0.2, 0.25) is 0 Å². The number of aromatic hydroxyl groups is 1. The number of phenolic OH excluding ortho intramolecular Hbond substituents is 1. The monoisotopic (exact) mass is 401 g/mol. The number of sulfone groups is 1. The number of anilines is 1. The minimum absolute atomic E-state index is 0.0136. The number of benzene rings is 1. The van der Waals surface area contributed by atoms with Gasteiger partial charge >= 0.3 is 0 Å². The highest BCUT2D eigenvalue weighted by Crippen LogP contribution is 2.28. The number of aromatic nitrogens is 2. The van der Waals surface area contributed by atoms with Crippen molar-refractivity contribution in [1.29, 1.82) is 0 Å². The summed E-state index contributed by atoms with van der Waals surface area (Å²) in [6.45, 7) is 3.31. The van der Waals surface area contributed by atoms with Crippen LogP contribution in [0.15, 0.2) is 27.6 Å². The molecule has 2 aromatic rings. The molecule has 1 aromatic heterocycles. The zero-order chi connectivity index (χ0) is 17.4. The Labute approximate surface area is 142 Å². The molecule has 0 saturated heterocycles. The summed E-state index contributed by atoms with van der Waals surface area (Å²) in [5, 5.41) is 16.4. The molecule has 2 rings (SSSR count). The molecule has 0 radical (unpaired) electrons. The topological polar surface area (TPSA) is 101 Å². The van der Waals surface area contributed by atoms with E-state index >= 15 is 0 Å². The van der Waals surface area contributed by atoms with Gasteiger partial charge in [0, 0.05) is 7.05 Å². The Bertz CT molecular complexity index is 874. The van der Waals surface area contributed by atoms with E-state index in [4.69, 9.17) is 0 Å². The number of halogens is 1. The Morgan fingerprint density at radius 1 is 1.43 bits per heavy atom. The van der Waals surface area contributed by atoms with E-state index in [0.29, 0.717) is 4.47 Å². The van der Waals surface area contributed by atoms with Crippen LogP contribution in [0.4, 0.5) is 5.69 Å². The van der Waals surface area contributed by atoms with E-state index < -0.39 is 15.7 Å². The highest BCUT2D eigenvalue weighted by Gasteiger charge is 2.20. The van der Waals surface area contributed by atoms with Gasteiger partial charge < -0.3 is 10.4 Å². The van der Waals surface area contributed by atoms with Crippen LogP contribution in [0.25, 0.3) is 0 Å². The maximum atomic E-state index is 12.3. The molecule has 0 unspecified atom stereocenters. The summed E-state index contributed by atoms with van der Waals surface area (Å²) < 4.78 is 25.9. The number of aryl methyl sites for hydroxylation is 1. The van der Waals surface area contributed by atoms with Gasteiger partial charge in [-0.15, -0.1) is 0 Å². The Hall–Kier alpha value is -1.87. The highest BCUT2D eigenvalue weighted by molar-refractivity contribution is 9.10. The molecule has 0 atom stereocenters. The normalized spacial score (nSPS) is 11.5. The lowest BCUT2D eigenvalue weighted by atomic mass is 10.2.